The topological polar surface area (TPSA) is 42.1 Å². The fourth-order valence-electron chi connectivity index (χ4n) is 1.71. The Morgan fingerprint density at radius 2 is 2.11 bits per heavy atom. The van der Waals surface area contributed by atoms with Crippen molar-refractivity contribution < 1.29 is 13.5 Å². The number of pyridine rings is 1. The molecule has 2 aromatic rings. The number of fused-ring (bicyclic) bond motifs is 1. The first-order valence-corrected chi connectivity index (χ1v) is 6.30. The first kappa shape index (κ1) is 13.0. The van der Waals surface area contributed by atoms with Gasteiger partial charge < -0.3 is 9.72 Å². The van der Waals surface area contributed by atoms with E-state index in [-0.39, 0.29) is 11.3 Å². The van der Waals surface area contributed by atoms with E-state index in [1.807, 2.05) is 0 Å². The predicted molar refractivity (Wildman–Crippen MR) is 68.6 cm³/mol. The molecule has 96 valence electrons. The Morgan fingerprint density at radius 3 is 2.72 bits per heavy atom. The lowest BCUT2D eigenvalue weighted by Crippen LogP contribution is -2.10. The number of hydrogen-bond donors (Lipinski definition) is 1. The summed E-state index contributed by atoms with van der Waals surface area (Å²) in [7, 11) is 0. The molecule has 6 heteroatoms. The number of aromatic amines is 1. The van der Waals surface area contributed by atoms with E-state index in [1.54, 1.807) is 19.1 Å². The minimum absolute atomic E-state index is 0.0660. The normalized spacial score (nSPS) is 11.2. The monoisotopic (exact) mass is 317 g/mol. The first-order valence-electron chi connectivity index (χ1n) is 5.18. The molecule has 1 heterocycles. The number of aromatic nitrogens is 1. The third-order valence-electron chi connectivity index (χ3n) is 2.54. The highest BCUT2D eigenvalue weighted by molar-refractivity contribution is 9.08. The van der Waals surface area contributed by atoms with Crippen LogP contribution in [-0.2, 0) is 5.33 Å². The van der Waals surface area contributed by atoms with Crippen molar-refractivity contribution in [3.8, 4) is 5.75 Å². The molecule has 0 radical (unpaired) electrons. The van der Waals surface area contributed by atoms with Crippen LogP contribution in [0, 0.1) is 6.92 Å². The molecule has 0 aliphatic rings. The van der Waals surface area contributed by atoms with Crippen molar-refractivity contribution in [3.05, 3.63) is 39.7 Å². The quantitative estimate of drug-likeness (QED) is 0.882. The van der Waals surface area contributed by atoms with Gasteiger partial charge in [-0.2, -0.15) is 8.78 Å². The second-order valence-corrected chi connectivity index (χ2v) is 4.41. The smallest absolute Gasteiger partial charge is 0.387 e. The Balaban J connectivity index is 2.72. The lowest BCUT2D eigenvalue weighted by molar-refractivity contribution is -0.0488. The Kier molecular flexibility index (Phi) is 3.65. The maximum atomic E-state index is 12.4. The van der Waals surface area contributed by atoms with Crippen LogP contribution in [0.4, 0.5) is 8.78 Å². The third-order valence-corrected chi connectivity index (χ3v) is 3.19. The lowest BCUT2D eigenvalue weighted by atomic mass is 10.1. The fraction of sp³-hybridized carbons (Fsp3) is 0.250. The van der Waals surface area contributed by atoms with Crippen molar-refractivity contribution in [2.75, 3.05) is 0 Å². The molecule has 1 aromatic heterocycles. The number of alkyl halides is 3. The van der Waals surface area contributed by atoms with Gasteiger partial charge in [-0.25, -0.2) is 0 Å². The molecule has 0 fully saturated rings. The molecule has 2 rings (SSSR count). The number of hydrogen-bond acceptors (Lipinski definition) is 2. The van der Waals surface area contributed by atoms with E-state index in [0.29, 0.717) is 21.8 Å². The molecule has 0 unspecified atom stereocenters. The lowest BCUT2D eigenvalue weighted by Gasteiger charge is -2.10. The molecule has 1 aromatic carbocycles. The van der Waals surface area contributed by atoms with Crippen LogP contribution in [-0.4, -0.2) is 11.6 Å². The molecule has 3 nitrogen and oxygen atoms in total. The summed E-state index contributed by atoms with van der Waals surface area (Å²) < 4.78 is 29.2. The first-order chi connectivity index (χ1) is 8.51. The van der Waals surface area contributed by atoms with Crippen LogP contribution in [0.3, 0.4) is 0 Å². The Hall–Kier alpha value is -1.43. The third kappa shape index (κ3) is 2.53. The van der Waals surface area contributed by atoms with Gasteiger partial charge in [0.2, 0.25) is 0 Å². The van der Waals surface area contributed by atoms with E-state index < -0.39 is 6.61 Å². The van der Waals surface area contributed by atoms with Crippen LogP contribution in [0.25, 0.3) is 10.9 Å². The van der Waals surface area contributed by atoms with Gasteiger partial charge in [0.15, 0.2) is 0 Å². The molecular weight excluding hydrogens is 308 g/mol. The molecule has 0 saturated carbocycles. The second kappa shape index (κ2) is 5.06. The number of H-pyrrole nitrogens is 1. The average molecular weight is 318 g/mol. The molecule has 0 atom stereocenters. The zero-order valence-electron chi connectivity index (χ0n) is 9.47. The van der Waals surface area contributed by atoms with Gasteiger partial charge in [0.25, 0.3) is 5.56 Å². The van der Waals surface area contributed by atoms with E-state index in [2.05, 4.69) is 25.7 Å². The van der Waals surface area contributed by atoms with Crippen LogP contribution >= 0.6 is 15.9 Å². The highest BCUT2D eigenvalue weighted by Crippen LogP contribution is 2.28. The molecule has 0 spiro atoms. The molecule has 0 saturated heterocycles. The molecular formula is C12H10BrF2NO2. The van der Waals surface area contributed by atoms with Crippen LogP contribution < -0.4 is 10.3 Å². The van der Waals surface area contributed by atoms with Gasteiger partial charge in [0.05, 0.1) is 5.52 Å². The minimum atomic E-state index is -2.90. The standard InChI is InChI=1S/C12H10BrF2NO2/c1-6-2-8-9(16-11(6)17)3-7(5-13)4-10(8)18-12(14)15/h2-4,12H,5H2,1H3,(H,16,17). The van der Waals surface area contributed by atoms with E-state index in [4.69, 9.17) is 0 Å². The highest BCUT2D eigenvalue weighted by atomic mass is 79.9. The Bertz CT molecular complexity index is 640. The summed E-state index contributed by atoms with van der Waals surface area (Å²) in [5.74, 6) is 0.0660. The number of ether oxygens (including phenoxy) is 1. The van der Waals surface area contributed by atoms with Crippen LogP contribution in [0.2, 0.25) is 0 Å². The van der Waals surface area contributed by atoms with Gasteiger partial charge in [0.1, 0.15) is 5.75 Å². The maximum Gasteiger partial charge on any atom is 0.387 e. The van der Waals surface area contributed by atoms with Crippen LogP contribution in [0.1, 0.15) is 11.1 Å². The van der Waals surface area contributed by atoms with Gasteiger partial charge >= 0.3 is 6.61 Å². The molecule has 0 aliphatic heterocycles. The summed E-state index contributed by atoms with van der Waals surface area (Å²) in [6.07, 6.45) is 0. The maximum absolute atomic E-state index is 12.4. The van der Waals surface area contributed by atoms with Crippen molar-refractivity contribution in [1.82, 2.24) is 4.98 Å². The van der Waals surface area contributed by atoms with E-state index >= 15 is 0 Å². The van der Waals surface area contributed by atoms with E-state index in [9.17, 15) is 13.6 Å². The largest absolute Gasteiger partial charge is 0.434 e. The van der Waals surface area contributed by atoms with Gasteiger partial charge in [-0.05, 0) is 30.7 Å². The molecule has 18 heavy (non-hydrogen) atoms. The van der Waals surface area contributed by atoms with Crippen molar-refractivity contribution in [2.45, 2.75) is 18.9 Å². The summed E-state index contributed by atoms with van der Waals surface area (Å²) in [4.78, 5) is 14.2. The summed E-state index contributed by atoms with van der Waals surface area (Å²) in [5, 5.41) is 0.954. The van der Waals surface area contributed by atoms with Gasteiger partial charge in [-0.3, -0.25) is 4.79 Å². The number of benzene rings is 1. The number of nitrogens with one attached hydrogen (secondary N) is 1. The zero-order chi connectivity index (χ0) is 13.3. The highest BCUT2D eigenvalue weighted by Gasteiger charge is 2.11. The Labute approximate surface area is 110 Å². The predicted octanol–water partition coefficient (Wildman–Crippen LogP) is 3.33. The van der Waals surface area contributed by atoms with Crippen molar-refractivity contribution in [3.63, 3.8) is 0 Å². The van der Waals surface area contributed by atoms with Gasteiger partial charge in [0, 0.05) is 16.3 Å². The second-order valence-electron chi connectivity index (χ2n) is 3.85. The van der Waals surface area contributed by atoms with Crippen LogP contribution in [0.5, 0.6) is 5.75 Å². The SMILES string of the molecule is Cc1cc2c(OC(F)F)cc(CBr)cc2[nH]c1=O. The molecule has 0 bridgehead atoms. The van der Waals surface area contributed by atoms with Gasteiger partial charge in [-0.1, -0.05) is 15.9 Å². The van der Waals surface area contributed by atoms with Crippen LogP contribution in [0.15, 0.2) is 23.0 Å². The minimum Gasteiger partial charge on any atom is -0.434 e. The number of aryl methyl sites for hydroxylation is 1. The van der Waals surface area contributed by atoms with E-state index in [1.165, 1.54) is 6.07 Å². The number of halogens is 3. The fourth-order valence-corrected chi connectivity index (χ4v) is 2.03. The van der Waals surface area contributed by atoms with E-state index in [0.717, 1.165) is 5.56 Å². The summed E-state index contributed by atoms with van der Waals surface area (Å²) in [6.45, 7) is -1.28. The van der Waals surface area contributed by atoms with Crippen molar-refractivity contribution in [2.24, 2.45) is 0 Å². The molecule has 1 N–H and O–H groups in total. The summed E-state index contributed by atoms with van der Waals surface area (Å²) in [6, 6.07) is 4.80. The van der Waals surface area contributed by atoms with Gasteiger partial charge in [-0.15, -0.1) is 0 Å². The average Bonchev–Trinajstić information content (AvgIpc) is 2.30. The Morgan fingerprint density at radius 1 is 1.39 bits per heavy atom. The number of rotatable bonds is 3. The van der Waals surface area contributed by atoms with Crippen molar-refractivity contribution >= 4 is 26.8 Å². The molecule has 0 aliphatic carbocycles. The summed E-state index contributed by atoms with van der Waals surface area (Å²) >= 11 is 3.24. The molecule has 0 amide bonds. The summed E-state index contributed by atoms with van der Waals surface area (Å²) in [5.41, 5.74) is 1.45. The zero-order valence-corrected chi connectivity index (χ0v) is 11.1. The van der Waals surface area contributed by atoms with Crippen molar-refractivity contribution in [1.29, 1.82) is 0 Å².